The summed E-state index contributed by atoms with van der Waals surface area (Å²) >= 11 is 3.34. The Kier molecular flexibility index (Phi) is 6.48. The number of aromatic amines is 1. The number of fused-ring (bicyclic) bond motifs is 1. The summed E-state index contributed by atoms with van der Waals surface area (Å²) in [4.78, 5) is 24.9. The minimum Gasteiger partial charge on any atom is -0.497 e. The fourth-order valence-corrected chi connectivity index (χ4v) is 4.07. The van der Waals surface area contributed by atoms with E-state index in [2.05, 4.69) is 25.9 Å². The van der Waals surface area contributed by atoms with Gasteiger partial charge in [0.1, 0.15) is 22.9 Å². The second-order valence-corrected chi connectivity index (χ2v) is 9.98. The van der Waals surface area contributed by atoms with E-state index >= 15 is 0 Å². The first-order valence-electron chi connectivity index (χ1n) is 9.89. The van der Waals surface area contributed by atoms with E-state index in [1.807, 2.05) is 0 Å². The summed E-state index contributed by atoms with van der Waals surface area (Å²) in [5.74, 6) is 1.40. The molecule has 0 bridgehead atoms. The van der Waals surface area contributed by atoms with Crippen molar-refractivity contribution in [3.63, 3.8) is 0 Å². The van der Waals surface area contributed by atoms with Crippen LogP contribution in [0.4, 0.5) is 0 Å². The van der Waals surface area contributed by atoms with Gasteiger partial charge in [-0.2, -0.15) is 0 Å². The second-order valence-electron chi connectivity index (χ2n) is 7.17. The van der Waals surface area contributed by atoms with Gasteiger partial charge in [0.25, 0.3) is 5.56 Å². The third-order valence-corrected chi connectivity index (χ3v) is 6.36. The molecule has 10 heteroatoms. The van der Waals surface area contributed by atoms with Gasteiger partial charge in [0.05, 0.1) is 29.5 Å². The number of H-pyrrole nitrogens is 1. The summed E-state index contributed by atoms with van der Waals surface area (Å²) < 4.78 is 34.7. The topological polar surface area (TPSA) is 111 Å². The van der Waals surface area contributed by atoms with Gasteiger partial charge in [-0.05, 0) is 36.4 Å². The molecule has 0 amide bonds. The quantitative estimate of drug-likeness (QED) is 0.362. The molecule has 1 N–H and O–H groups in total. The Morgan fingerprint density at radius 3 is 2.45 bits per heavy atom. The molecule has 0 radical (unpaired) electrons. The van der Waals surface area contributed by atoms with E-state index in [4.69, 9.17) is 14.5 Å². The number of halogens is 1. The maximum absolute atomic E-state index is 12.6. The van der Waals surface area contributed by atoms with E-state index in [9.17, 15) is 13.2 Å². The fraction of sp³-hybridized carbons (Fsp3) is 0.174. The van der Waals surface area contributed by atoms with Gasteiger partial charge in [-0.15, -0.1) is 0 Å². The average molecular weight is 530 g/mol. The van der Waals surface area contributed by atoms with Crippen molar-refractivity contribution >= 4 is 36.7 Å². The minimum absolute atomic E-state index is 0.208. The number of ether oxygens (including phenoxy) is 2. The predicted molar refractivity (Wildman–Crippen MR) is 130 cm³/mol. The van der Waals surface area contributed by atoms with E-state index in [0.717, 1.165) is 6.26 Å². The Morgan fingerprint density at radius 1 is 1.03 bits per heavy atom. The number of sulfone groups is 1. The van der Waals surface area contributed by atoms with Gasteiger partial charge in [0.2, 0.25) is 0 Å². The third-order valence-electron chi connectivity index (χ3n) is 4.91. The van der Waals surface area contributed by atoms with Gasteiger partial charge in [-0.25, -0.2) is 18.4 Å². The first-order chi connectivity index (χ1) is 15.8. The maximum atomic E-state index is 12.6. The molecular formula is C23H20BrN3O5S. The van der Waals surface area contributed by atoms with E-state index in [1.165, 1.54) is 12.1 Å². The van der Waals surface area contributed by atoms with Crippen LogP contribution in [-0.2, 0) is 9.84 Å². The molecule has 0 saturated heterocycles. The van der Waals surface area contributed by atoms with Crippen LogP contribution in [0, 0.1) is 0 Å². The summed E-state index contributed by atoms with van der Waals surface area (Å²) in [5, 5.41) is 1.07. The molecule has 2 heterocycles. The van der Waals surface area contributed by atoms with Gasteiger partial charge in [-0.1, -0.05) is 28.1 Å². The number of rotatable bonds is 7. The molecule has 0 aliphatic heterocycles. The lowest BCUT2D eigenvalue weighted by Crippen LogP contribution is -2.10. The Balaban J connectivity index is 1.84. The molecule has 0 unspecified atom stereocenters. The van der Waals surface area contributed by atoms with Gasteiger partial charge in [-0.3, -0.25) is 4.79 Å². The molecule has 170 valence electrons. The molecule has 4 rings (SSSR count). The molecule has 2 aromatic heterocycles. The van der Waals surface area contributed by atoms with Crippen LogP contribution >= 0.6 is 15.9 Å². The number of hydrogen-bond donors (Lipinski definition) is 1. The number of nitrogens with one attached hydrogen (secondary N) is 1. The average Bonchev–Trinajstić information content (AvgIpc) is 2.81. The van der Waals surface area contributed by atoms with Gasteiger partial charge in [0, 0.05) is 23.2 Å². The SMILES string of the molecule is COc1ccc2c(=O)[nH]c(-c3ccc(OCCBr)c(-c4ccc(S(C)(=O)=O)cc4)n3)nc2c1. The Morgan fingerprint density at radius 2 is 1.79 bits per heavy atom. The number of pyridine rings is 1. The standard InChI is InChI=1S/C23H20BrN3O5S/c1-31-15-5-8-17-19(13-15)26-22(27-23(17)28)18-9-10-20(32-12-11-24)21(25-18)14-3-6-16(7-4-14)33(2,29)30/h3-10,13H,11-12H2,1-2H3,(H,26,27,28). The minimum atomic E-state index is -3.33. The summed E-state index contributed by atoms with van der Waals surface area (Å²) in [6.45, 7) is 0.417. The third kappa shape index (κ3) is 4.91. The Hall–Kier alpha value is -3.24. The maximum Gasteiger partial charge on any atom is 0.259 e. The number of benzene rings is 2. The highest BCUT2D eigenvalue weighted by Gasteiger charge is 2.15. The van der Waals surface area contributed by atoms with Crippen LogP contribution < -0.4 is 15.0 Å². The molecule has 2 aromatic carbocycles. The van der Waals surface area contributed by atoms with E-state index < -0.39 is 9.84 Å². The van der Waals surface area contributed by atoms with Crippen molar-refractivity contribution in [3.8, 4) is 34.3 Å². The Labute approximate surface area is 198 Å². The lowest BCUT2D eigenvalue weighted by Gasteiger charge is -2.12. The van der Waals surface area contributed by atoms with Crippen LogP contribution in [0.25, 0.3) is 33.7 Å². The largest absolute Gasteiger partial charge is 0.497 e. The zero-order valence-corrected chi connectivity index (χ0v) is 20.2. The van der Waals surface area contributed by atoms with Crippen molar-refractivity contribution in [3.05, 3.63) is 65.0 Å². The highest BCUT2D eigenvalue weighted by Crippen LogP contribution is 2.31. The molecular weight excluding hydrogens is 510 g/mol. The molecule has 0 atom stereocenters. The van der Waals surface area contributed by atoms with Crippen molar-refractivity contribution < 1.29 is 17.9 Å². The fourth-order valence-electron chi connectivity index (χ4n) is 3.28. The van der Waals surface area contributed by atoms with Gasteiger partial charge < -0.3 is 14.5 Å². The second kappa shape index (κ2) is 9.32. The molecule has 8 nitrogen and oxygen atoms in total. The highest BCUT2D eigenvalue weighted by atomic mass is 79.9. The molecule has 0 fully saturated rings. The Bertz CT molecular complexity index is 1480. The van der Waals surface area contributed by atoms with Crippen LogP contribution in [0.3, 0.4) is 0 Å². The molecule has 0 aliphatic rings. The molecule has 0 spiro atoms. The van der Waals surface area contributed by atoms with Gasteiger partial charge >= 0.3 is 0 Å². The van der Waals surface area contributed by atoms with Crippen LogP contribution in [0.2, 0.25) is 0 Å². The molecule has 33 heavy (non-hydrogen) atoms. The lowest BCUT2D eigenvalue weighted by atomic mass is 10.1. The van der Waals surface area contributed by atoms with Crippen molar-refractivity contribution in [2.45, 2.75) is 4.90 Å². The number of aromatic nitrogens is 3. The zero-order valence-electron chi connectivity index (χ0n) is 17.8. The molecule has 0 aliphatic carbocycles. The smallest absolute Gasteiger partial charge is 0.259 e. The highest BCUT2D eigenvalue weighted by molar-refractivity contribution is 9.09. The summed E-state index contributed by atoms with van der Waals surface area (Å²) in [6.07, 6.45) is 1.15. The van der Waals surface area contributed by atoms with Crippen molar-refractivity contribution in [1.82, 2.24) is 15.0 Å². The van der Waals surface area contributed by atoms with Crippen LogP contribution in [-0.4, -0.2) is 48.7 Å². The lowest BCUT2D eigenvalue weighted by molar-refractivity contribution is 0.345. The summed E-state index contributed by atoms with van der Waals surface area (Å²) in [6, 6.07) is 14.9. The monoisotopic (exact) mass is 529 g/mol. The summed E-state index contributed by atoms with van der Waals surface area (Å²) in [5.41, 5.74) is 1.79. The first kappa shape index (κ1) is 22.9. The van der Waals surface area contributed by atoms with E-state index in [0.29, 0.717) is 57.1 Å². The van der Waals surface area contributed by atoms with Gasteiger partial charge in [0.15, 0.2) is 15.7 Å². The van der Waals surface area contributed by atoms with Crippen LogP contribution in [0.15, 0.2) is 64.3 Å². The zero-order chi connectivity index (χ0) is 23.6. The van der Waals surface area contributed by atoms with E-state index in [1.54, 1.807) is 49.6 Å². The van der Waals surface area contributed by atoms with E-state index in [-0.39, 0.29) is 10.5 Å². The first-order valence-corrected chi connectivity index (χ1v) is 12.9. The number of hydrogen-bond acceptors (Lipinski definition) is 7. The number of nitrogens with zero attached hydrogens (tertiary/aromatic N) is 2. The predicted octanol–water partition coefficient (Wildman–Crippen LogP) is 3.84. The van der Waals surface area contributed by atoms with Crippen molar-refractivity contribution in [1.29, 1.82) is 0 Å². The van der Waals surface area contributed by atoms with Crippen LogP contribution in [0.1, 0.15) is 0 Å². The normalized spacial score (nSPS) is 11.5. The molecule has 0 saturated carbocycles. The number of methoxy groups -OCH3 is 1. The van der Waals surface area contributed by atoms with Crippen molar-refractivity contribution in [2.75, 3.05) is 25.3 Å². The molecule has 4 aromatic rings. The number of alkyl halides is 1. The summed E-state index contributed by atoms with van der Waals surface area (Å²) in [7, 11) is -1.78. The van der Waals surface area contributed by atoms with Crippen molar-refractivity contribution in [2.24, 2.45) is 0 Å². The van der Waals surface area contributed by atoms with Crippen LogP contribution in [0.5, 0.6) is 11.5 Å².